The molecule has 7 rings (SSSR count). The molecule has 0 unspecified atom stereocenters. The van der Waals surface area contributed by atoms with Gasteiger partial charge in [-0.25, -0.2) is 0 Å². The van der Waals surface area contributed by atoms with Crippen LogP contribution in [0.25, 0.3) is 51.5 Å². The van der Waals surface area contributed by atoms with Gasteiger partial charge in [0, 0.05) is 51.7 Å². The Balaban J connectivity index is 1.35. The van der Waals surface area contributed by atoms with Crippen molar-refractivity contribution in [1.82, 2.24) is 0 Å². The number of benzene rings is 5. The Bertz CT molecular complexity index is 1840. The summed E-state index contributed by atoms with van der Waals surface area (Å²) in [5, 5.41) is 8.99. The zero-order valence-electron chi connectivity index (χ0n) is 18.6. The van der Waals surface area contributed by atoms with Gasteiger partial charge in [-0.2, -0.15) is 0 Å². The molecule has 0 aliphatic rings. The van der Waals surface area contributed by atoms with Crippen LogP contribution in [0, 0.1) is 6.92 Å². The average Bonchev–Trinajstić information content (AvgIpc) is 3.42. The molecule has 0 fully saturated rings. The molecule has 0 radical (unpaired) electrons. The smallest absolute Gasteiger partial charge is 0.0391 e. The van der Waals surface area contributed by atoms with Crippen molar-refractivity contribution in [3.8, 4) is 11.1 Å². The summed E-state index contributed by atoms with van der Waals surface area (Å²) >= 11 is 3.73. The van der Waals surface area contributed by atoms with Crippen LogP contribution < -0.4 is 5.32 Å². The van der Waals surface area contributed by atoms with Gasteiger partial charge in [-0.1, -0.05) is 54.1 Å². The minimum atomic E-state index is 1.12. The number of hydrogen-bond donors (Lipinski definition) is 1. The molecule has 0 bridgehead atoms. The SMILES string of the molecule is Cc1ccc2sc3ccc(Nc4ccc5sc6cccc(-c7ccccc7)c6c5c4)cc3c2c1. The molecule has 0 spiro atoms. The van der Waals surface area contributed by atoms with Crippen molar-refractivity contribution >= 4 is 74.4 Å². The Kier molecular flexibility index (Phi) is 4.48. The quantitative estimate of drug-likeness (QED) is 0.270. The van der Waals surface area contributed by atoms with Crippen LogP contribution in [0.5, 0.6) is 0 Å². The number of nitrogens with one attached hydrogen (secondary N) is 1. The standard InChI is InChI=1S/C31H21NS2/c1-19-10-13-27-24(16-19)25-17-21(11-14-28(25)33-27)32-22-12-15-29-26(18-22)31-23(8-5-9-30(31)34-29)20-6-3-2-4-7-20/h2-18,32H,1H3. The number of aryl methyl sites for hydroxylation is 1. The van der Waals surface area contributed by atoms with E-state index in [-0.39, 0.29) is 0 Å². The molecular weight excluding hydrogens is 450 g/mol. The van der Waals surface area contributed by atoms with Gasteiger partial charge >= 0.3 is 0 Å². The summed E-state index contributed by atoms with van der Waals surface area (Å²) in [6.45, 7) is 2.16. The monoisotopic (exact) mass is 471 g/mol. The fraction of sp³-hybridized carbons (Fsp3) is 0.0323. The molecule has 2 aromatic heterocycles. The van der Waals surface area contributed by atoms with Crippen LogP contribution in [-0.2, 0) is 0 Å². The first-order valence-corrected chi connectivity index (χ1v) is 13.1. The molecule has 7 aromatic rings. The van der Waals surface area contributed by atoms with E-state index in [9.17, 15) is 0 Å². The van der Waals surface area contributed by atoms with Crippen LogP contribution in [0.4, 0.5) is 11.4 Å². The van der Waals surface area contributed by atoms with E-state index in [1.54, 1.807) is 0 Å². The maximum absolute atomic E-state index is 3.68. The van der Waals surface area contributed by atoms with E-state index in [1.165, 1.54) is 57.0 Å². The molecule has 3 heteroatoms. The molecule has 0 amide bonds. The second kappa shape index (κ2) is 7.69. The molecular formula is C31H21NS2. The highest BCUT2D eigenvalue weighted by atomic mass is 32.1. The zero-order chi connectivity index (χ0) is 22.6. The minimum absolute atomic E-state index is 1.12. The number of hydrogen-bond acceptors (Lipinski definition) is 3. The van der Waals surface area contributed by atoms with Gasteiger partial charge in [0.1, 0.15) is 0 Å². The molecule has 5 aromatic carbocycles. The topological polar surface area (TPSA) is 12.0 Å². The highest BCUT2D eigenvalue weighted by molar-refractivity contribution is 7.26. The molecule has 0 atom stereocenters. The Morgan fingerprint density at radius 3 is 1.97 bits per heavy atom. The van der Waals surface area contributed by atoms with Crippen molar-refractivity contribution in [3.05, 3.63) is 109 Å². The second-order valence-corrected chi connectivity index (χ2v) is 11.0. The normalized spacial score (nSPS) is 11.7. The summed E-state index contributed by atoms with van der Waals surface area (Å²) in [5.74, 6) is 0. The van der Waals surface area contributed by atoms with Crippen molar-refractivity contribution in [3.63, 3.8) is 0 Å². The first-order chi connectivity index (χ1) is 16.7. The van der Waals surface area contributed by atoms with Crippen molar-refractivity contribution in [2.75, 3.05) is 5.32 Å². The molecule has 1 nitrogen and oxygen atoms in total. The predicted octanol–water partition coefficient (Wildman–Crippen LogP) is 10.1. The Morgan fingerprint density at radius 1 is 0.529 bits per heavy atom. The largest absolute Gasteiger partial charge is 0.355 e. The van der Waals surface area contributed by atoms with Crippen LogP contribution in [0.1, 0.15) is 5.56 Å². The molecule has 2 heterocycles. The van der Waals surface area contributed by atoms with Crippen LogP contribution in [-0.4, -0.2) is 0 Å². The van der Waals surface area contributed by atoms with Gasteiger partial charge < -0.3 is 5.32 Å². The van der Waals surface area contributed by atoms with E-state index in [4.69, 9.17) is 0 Å². The lowest BCUT2D eigenvalue weighted by Crippen LogP contribution is -1.89. The van der Waals surface area contributed by atoms with E-state index in [0.29, 0.717) is 0 Å². The number of fused-ring (bicyclic) bond motifs is 6. The van der Waals surface area contributed by atoms with Gasteiger partial charge in [-0.05, 0) is 72.6 Å². The third-order valence-electron chi connectivity index (χ3n) is 6.49. The Labute approximate surface area is 205 Å². The summed E-state index contributed by atoms with van der Waals surface area (Å²) in [7, 11) is 0. The lowest BCUT2D eigenvalue weighted by molar-refractivity contribution is 1.52. The van der Waals surface area contributed by atoms with E-state index < -0.39 is 0 Å². The van der Waals surface area contributed by atoms with E-state index in [2.05, 4.69) is 115 Å². The molecule has 1 N–H and O–H groups in total. The third kappa shape index (κ3) is 3.20. The van der Waals surface area contributed by atoms with Crippen molar-refractivity contribution in [2.45, 2.75) is 6.92 Å². The molecule has 0 saturated carbocycles. The van der Waals surface area contributed by atoms with Crippen molar-refractivity contribution in [1.29, 1.82) is 0 Å². The van der Waals surface area contributed by atoms with E-state index in [1.807, 2.05) is 22.7 Å². The van der Waals surface area contributed by atoms with E-state index >= 15 is 0 Å². The predicted molar refractivity (Wildman–Crippen MR) is 152 cm³/mol. The number of thiophene rings is 2. The van der Waals surface area contributed by atoms with Gasteiger partial charge in [-0.3, -0.25) is 0 Å². The fourth-order valence-corrected chi connectivity index (χ4v) is 7.08. The summed E-state index contributed by atoms with van der Waals surface area (Å²) in [6.07, 6.45) is 0. The third-order valence-corrected chi connectivity index (χ3v) is 8.78. The average molecular weight is 472 g/mol. The van der Waals surface area contributed by atoms with Crippen LogP contribution in [0.2, 0.25) is 0 Å². The molecule has 162 valence electrons. The van der Waals surface area contributed by atoms with Gasteiger partial charge in [0.05, 0.1) is 0 Å². The minimum Gasteiger partial charge on any atom is -0.355 e. The molecule has 0 aliphatic carbocycles. The second-order valence-electron chi connectivity index (χ2n) is 8.80. The molecule has 0 saturated heterocycles. The fourth-order valence-electron chi connectivity index (χ4n) is 4.90. The van der Waals surface area contributed by atoms with Crippen molar-refractivity contribution in [2.24, 2.45) is 0 Å². The van der Waals surface area contributed by atoms with Gasteiger partial charge in [0.25, 0.3) is 0 Å². The summed E-state index contributed by atoms with van der Waals surface area (Å²) < 4.78 is 5.32. The number of anilines is 2. The summed E-state index contributed by atoms with van der Waals surface area (Å²) in [5.41, 5.74) is 6.09. The summed E-state index contributed by atoms with van der Waals surface area (Å²) in [6, 6.07) is 37.5. The van der Waals surface area contributed by atoms with Gasteiger partial charge in [-0.15, -0.1) is 22.7 Å². The van der Waals surface area contributed by atoms with Crippen LogP contribution in [0.3, 0.4) is 0 Å². The van der Waals surface area contributed by atoms with E-state index in [0.717, 1.165) is 11.4 Å². The van der Waals surface area contributed by atoms with Crippen LogP contribution in [0.15, 0.2) is 103 Å². The molecule has 34 heavy (non-hydrogen) atoms. The highest BCUT2D eigenvalue weighted by Gasteiger charge is 2.12. The summed E-state index contributed by atoms with van der Waals surface area (Å²) in [4.78, 5) is 0. The first kappa shape index (κ1) is 19.8. The maximum Gasteiger partial charge on any atom is 0.0391 e. The Morgan fingerprint density at radius 2 is 1.18 bits per heavy atom. The number of rotatable bonds is 3. The maximum atomic E-state index is 3.68. The van der Waals surface area contributed by atoms with Crippen molar-refractivity contribution < 1.29 is 0 Å². The highest BCUT2D eigenvalue weighted by Crippen LogP contribution is 2.41. The lowest BCUT2D eigenvalue weighted by atomic mass is 9.99. The van der Waals surface area contributed by atoms with Gasteiger partial charge in [0.15, 0.2) is 0 Å². The zero-order valence-corrected chi connectivity index (χ0v) is 20.3. The van der Waals surface area contributed by atoms with Gasteiger partial charge in [0.2, 0.25) is 0 Å². The first-order valence-electron chi connectivity index (χ1n) is 11.4. The lowest BCUT2D eigenvalue weighted by Gasteiger charge is -2.08. The Hall–Kier alpha value is -3.66. The van der Waals surface area contributed by atoms with Crippen LogP contribution >= 0.6 is 22.7 Å². The molecule has 0 aliphatic heterocycles.